The second kappa shape index (κ2) is 4.40. The standard InChI is InChI=1S/C11H16N2O2/c1-11(2,3)15-10(14)8-5-4-6-13-9(8)7-12/h4-6H,7,12H2,1-3H3. The number of rotatable bonds is 2. The highest BCUT2D eigenvalue weighted by Crippen LogP contribution is 2.13. The summed E-state index contributed by atoms with van der Waals surface area (Å²) in [4.78, 5) is 15.7. The second-order valence-corrected chi connectivity index (χ2v) is 4.20. The summed E-state index contributed by atoms with van der Waals surface area (Å²) in [6.07, 6.45) is 1.61. The van der Waals surface area contributed by atoms with Gasteiger partial charge in [-0.3, -0.25) is 4.98 Å². The van der Waals surface area contributed by atoms with Crippen LogP contribution >= 0.6 is 0 Å². The van der Waals surface area contributed by atoms with E-state index in [4.69, 9.17) is 10.5 Å². The van der Waals surface area contributed by atoms with Crippen LogP contribution in [0, 0.1) is 0 Å². The Morgan fingerprint density at radius 2 is 2.20 bits per heavy atom. The summed E-state index contributed by atoms with van der Waals surface area (Å²) >= 11 is 0. The molecule has 0 aliphatic carbocycles. The third-order valence-electron chi connectivity index (χ3n) is 1.70. The minimum atomic E-state index is -0.501. The van der Waals surface area contributed by atoms with E-state index in [1.165, 1.54) is 0 Å². The Labute approximate surface area is 89.5 Å². The molecule has 0 saturated carbocycles. The van der Waals surface area contributed by atoms with Crippen LogP contribution in [-0.2, 0) is 11.3 Å². The zero-order valence-corrected chi connectivity index (χ0v) is 9.28. The van der Waals surface area contributed by atoms with Gasteiger partial charge in [-0.25, -0.2) is 4.79 Å². The van der Waals surface area contributed by atoms with Crippen LogP contribution in [0.1, 0.15) is 36.8 Å². The molecule has 0 unspecified atom stereocenters. The van der Waals surface area contributed by atoms with Crippen LogP contribution < -0.4 is 5.73 Å². The molecular weight excluding hydrogens is 192 g/mol. The smallest absolute Gasteiger partial charge is 0.340 e. The lowest BCUT2D eigenvalue weighted by atomic mass is 10.1. The highest BCUT2D eigenvalue weighted by atomic mass is 16.6. The fraction of sp³-hybridized carbons (Fsp3) is 0.455. The number of hydrogen-bond acceptors (Lipinski definition) is 4. The highest BCUT2D eigenvalue weighted by Gasteiger charge is 2.19. The van der Waals surface area contributed by atoms with Crippen molar-refractivity contribution in [1.29, 1.82) is 0 Å². The summed E-state index contributed by atoms with van der Waals surface area (Å²) in [7, 11) is 0. The van der Waals surface area contributed by atoms with Gasteiger partial charge in [0.2, 0.25) is 0 Å². The van der Waals surface area contributed by atoms with Crippen molar-refractivity contribution in [3.05, 3.63) is 29.6 Å². The fourth-order valence-electron chi connectivity index (χ4n) is 1.12. The number of hydrogen-bond donors (Lipinski definition) is 1. The molecule has 1 rings (SSSR count). The zero-order valence-electron chi connectivity index (χ0n) is 9.28. The van der Waals surface area contributed by atoms with Gasteiger partial charge >= 0.3 is 5.97 Å². The normalized spacial score (nSPS) is 11.2. The third kappa shape index (κ3) is 3.32. The van der Waals surface area contributed by atoms with Gasteiger partial charge in [-0.05, 0) is 32.9 Å². The van der Waals surface area contributed by atoms with Gasteiger partial charge in [0.05, 0.1) is 11.3 Å². The summed E-state index contributed by atoms with van der Waals surface area (Å²) in [5.74, 6) is -0.379. The van der Waals surface area contributed by atoms with E-state index >= 15 is 0 Å². The molecule has 0 radical (unpaired) electrons. The van der Waals surface area contributed by atoms with Gasteiger partial charge in [-0.15, -0.1) is 0 Å². The maximum Gasteiger partial charge on any atom is 0.340 e. The van der Waals surface area contributed by atoms with Crippen LogP contribution in [0.5, 0.6) is 0 Å². The van der Waals surface area contributed by atoms with Crippen molar-refractivity contribution in [1.82, 2.24) is 4.98 Å². The molecular formula is C11H16N2O2. The molecule has 0 aliphatic rings. The van der Waals surface area contributed by atoms with Gasteiger partial charge in [0.1, 0.15) is 5.60 Å². The average Bonchev–Trinajstić information content (AvgIpc) is 2.15. The second-order valence-electron chi connectivity index (χ2n) is 4.20. The number of nitrogens with two attached hydrogens (primary N) is 1. The lowest BCUT2D eigenvalue weighted by Crippen LogP contribution is -2.25. The molecule has 2 N–H and O–H groups in total. The average molecular weight is 208 g/mol. The molecule has 0 saturated heterocycles. The molecule has 15 heavy (non-hydrogen) atoms. The lowest BCUT2D eigenvalue weighted by molar-refractivity contribution is 0.00678. The molecule has 0 spiro atoms. The van der Waals surface area contributed by atoms with E-state index in [2.05, 4.69) is 4.98 Å². The molecule has 0 atom stereocenters. The fourth-order valence-corrected chi connectivity index (χ4v) is 1.12. The van der Waals surface area contributed by atoms with Crippen LogP contribution in [0.3, 0.4) is 0 Å². The van der Waals surface area contributed by atoms with Gasteiger partial charge in [0.15, 0.2) is 0 Å². The first kappa shape index (κ1) is 11.7. The van der Waals surface area contributed by atoms with Crippen LogP contribution in [-0.4, -0.2) is 16.6 Å². The predicted molar refractivity (Wildman–Crippen MR) is 57.3 cm³/mol. The van der Waals surface area contributed by atoms with E-state index < -0.39 is 5.60 Å². The monoisotopic (exact) mass is 208 g/mol. The Morgan fingerprint density at radius 1 is 1.53 bits per heavy atom. The third-order valence-corrected chi connectivity index (χ3v) is 1.70. The minimum absolute atomic E-state index is 0.232. The van der Waals surface area contributed by atoms with E-state index in [0.29, 0.717) is 11.3 Å². The van der Waals surface area contributed by atoms with E-state index in [9.17, 15) is 4.79 Å². The molecule has 4 heteroatoms. The van der Waals surface area contributed by atoms with Crippen molar-refractivity contribution in [2.24, 2.45) is 5.73 Å². The van der Waals surface area contributed by atoms with Gasteiger partial charge in [-0.2, -0.15) is 0 Å². The molecule has 0 aliphatic heterocycles. The number of nitrogens with zero attached hydrogens (tertiary/aromatic N) is 1. The first-order valence-corrected chi connectivity index (χ1v) is 4.81. The zero-order chi connectivity index (χ0) is 11.5. The number of esters is 1. The van der Waals surface area contributed by atoms with E-state index in [1.807, 2.05) is 20.8 Å². The van der Waals surface area contributed by atoms with E-state index in [-0.39, 0.29) is 12.5 Å². The lowest BCUT2D eigenvalue weighted by Gasteiger charge is -2.20. The van der Waals surface area contributed by atoms with Crippen LogP contribution in [0.15, 0.2) is 18.3 Å². The summed E-state index contributed by atoms with van der Waals surface area (Å²) < 4.78 is 5.23. The summed E-state index contributed by atoms with van der Waals surface area (Å²) in [5.41, 5.74) is 5.98. The van der Waals surface area contributed by atoms with Crippen LogP contribution in [0.25, 0.3) is 0 Å². The maximum absolute atomic E-state index is 11.7. The van der Waals surface area contributed by atoms with Gasteiger partial charge in [0.25, 0.3) is 0 Å². The number of pyridine rings is 1. The SMILES string of the molecule is CC(C)(C)OC(=O)c1cccnc1CN. The Morgan fingerprint density at radius 3 is 2.73 bits per heavy atom. The van der Waals surface area contributed by atoms with E-state index in [0.717, 1.165) is 0 Å². The van der Waals surface area contributed by atoms with Crippen molar-refractivity contribution < 1.29 is 9.53 Å². The van der Waals surface area contributed by atoms with Crippen LogP contribution in [0.4, 0.5) is 0 Å². The summed E-state index contributed by atoms with van der Waals surface area (Å²) in [6, 6.07) is 3.36. The van der Waals surface area contributed by atoms with Crippen molar-refractivity contribution in [2.75, 3.05) is 0 Å². The van der Waals surface area contributed by atoms with Gasteiger partial charge in [0, 0.05) is 12.7 Å². The maximum atomic E-state index is 11.7. The first-order valence-electron chi connectivity index (χ1n) is 4.81. The van der Waals surface area contributed by atoms with Crippen molar-refractivity contribution >= 4 is 5.97 Å². The van der Waals surface area contributed by atoms with Crippen LogP contribution in [0.2, 0.25) is 0 Å². The molecule has 0 fully saturated rings. The van der Waals surface area contributed by atoms with Crippen molar-refractivity contribution in [2.45, 2.75) is 32.9 Å². The highest BCUT2D eigenvalue weighted by molar-refractivity contribution is 5.90. The molecule has 1 heterocycles. The predicted octanol–water partition coefficient (Wildman–Crippen LogP) is 1.50. The number of aromatic nitrogens is 1. The Balaban J connectivity index is 2.91. The molecule has 0 bridgehead atoms. The topological polar surface area (TPSA) is 65.2 Å². The molecule has 4 nitrogen and oxygen atoms in total. The Kier molecular flexibility index (Phi) is 3.42. The van der Waals surface area contributed by atoms with Crippen molar-refractivity contribution in [3.8, 4) is 0 Å². The molecule has 82 valence electrons. The van der Waals surface area contributed by atoms with Gasteiger partial charge in [-0.1, -0.05) is 0 Å². The van der Waals surface area contributed by atoms with Gasteiger partial charge < -0.3 is 10.5 Å². The molecule has 0 amide bonds. The summed E-state index contributed by atoms with van der Waals surface area (Å²) in [5, 5.41) is 0. The summed E-state index contributed by atoms with van der Waals surface area (Å²) in [6.45, 7) is 5.70. The largest absolute Gasteiger partial charge is 0.456 e. The minimum Gasteiger partial charge on any atom is -0.456 e. The number of carbonyl (C=O) groups excluding carboxylic acids is 1. The Hall–Kier alpha value is -1.42. The first-order chi connectivity index (χ1) is 6.94. The molecule has 0 aromatic carbocycles. The quantitative estimate of drug-likeness (QED) is 0.748. The van der Waals surface area contributed by atoms with E-state index in [1.54, 1.807) is 18.3 Å². The number of carbonyl (C=O) groups is 1. The Bertz CT molecular complexity index is 356. The number of ether oxygens (including phenoxy) is 1. The molecule has 1 aromatic heterocycles. The molecule has 1 aromatic rings. The van der Waals surface area contributed by atoms with Crippen molar-refractivity contribution in [3.63, 3.8) is 0 Å².